The summed E-state index contributed by atoms with van der Waals surface area (Å²) >= 11 is 1.52. The van der Waals surface area contributed by atoms with Crippen molar-refractivity contribution in [2.24, 2.45) is 10.1 Å². The lowest BCUT2D eigenvalue weighted by atomic mass is 10.1. The predicted octanol–water partition coefficient (Wildman–Crippen LogP) is 3.84. The van der Waals surface area contributed by atoms with Gasteiger partial charge in [-0.3, -0.25) is 14.6 Å². The van der Waals surface area contributed by atoms with Gasteiger partial charge in [0.05, 0.1) is 91.2 Å². The van der Waals surface area contributed by atoms with Gasteiger partial charge in [0, 0.05) is 47.7 Å². The second-order valence-electron chi connectivity index (χ2n) is 11.8. The summed E-state index contributed by atoms with van der Waals surface area (Å²) in [6.45, 7) is 6.85. The number of aryl methyl sites for hydroxylation is 1. The Balaban J connectivity index is 1.00. The second kappa shape index (κ2) is 25.8. The molecular formula is C35H50N10O8S. The van der Waals surface area contributed by atoms with Crippen molar-refractivity contribution in [1.82, 2.24) is 25.1 Å². The highest BCUT2D eigenvalue weighted by atomic mass is 32.2. The molecule has 0 spiro atoms. The molecule has 2 aromatic heterocycles. The number of thioether (sulfide) groups is 1. The zero-order chi connectivity index (χ0) is 38.1. The summed E-state index contributed by atoms with van der Waals surface area (Å²) in [6.07, 6.45) is 4.69. The van der Waals surface area contributed by atoms with E-state index in [-0.39, 0.29) is 11.7 Å². The van der Waals surface area contributed by atoms with Crippen LogP contribution in [0.2, 0.25) is 0 Å². The van der Waals surface area contributed by atoms with Crippen molar-refractivity contribution in [3.05, 3.63) is 46.6 Å². The smallest absolute Gasteiger partial charge is 0.257 e. The SMILES string of the molecule is [N-]=[N+]=NCCOCCOCCOCCOCCOCCOCCC(=O)CCCCCn1nc(-c2cccc(C(=O)NC3=NCCS3)c2)c2c(N)ncnc21. The van der Waals surface area contributed by atoms with E-state index in [1.165, 1.54) is 18.1 Å². The molecule has 0 atom stereocenters. The van der Waals surface area contributed by atoms with Gasteiger partial charge < -0.3 is 39.5 Å². The van der Waals surface area contributed by atoms with E-state index < -0.39 is 0 Å². The van der Waals surface area contributed by atoms with E-state index in [1.54, 1.807) is 12.1 Å². The lowest BCUT2D eigenvalue weighted by molar-refractivity contribution is -0.120. The lowest BCUT2D eigenvalue weighted by Gasteiger charge is -2.08. The molecule has 0 radical (unpaired) electrons. The third-order valence-corrected chi connectivity index (χ3v) is 8.76. The highest BCUT2D eigenvalue weighted by Crippen LogP contribution is 2.31. The van der Waals surface area contributed by atoms with Crippen molar-refractivity contribution < 1.29 is 38.0 Å². The topological polar surface area (TPSA) is 232 Å². The number of aromatic nitrogens is 4. The molecule has 54 heavy (non-hydrogen) atoms. The molecule has 0 fully saturated rings. The molecule has 294 valence electrons. The first kappa shape index (κ1) is 42.5. The molecule has 3 N–H and O–H groups in total. The number of ketones is 1. The molecule has 3 heterocycles. The average molecular weight is 771 g/mol. The predicted molar refractivity (Wildman–Crippen MR) is 204 cm³/mol. The molecule has 1 aliphatic rings. The van der Waals surface area contributed by atoms with Crippen LogP contribution >= 0.6 is 11.8 Å². The molecule has 1 aromatic carbocycles. The molecule has 0 unspecified atom stereocenters. The van der Waals surface area contributed by atoms with E-state index in [0.717, 1.165) is 30.6 Å². The zero-order valence-corrected chi connectivity index (χ0v) is 31.4. The Bertz CT molecular complexity index is 1670. The number of hydrogen-bond donors (Lipinski definition) is 2. The number of ether oxygens (including phenoxy) is 6. The number of anilines is 1. The van der Waals surface area contributed by atoms with Crippen LogP contribution < -0.4 is 11.1 Å². The number of benzene rings is 1. The number of hydrogen-bond acceptors (Lipinski definition) is 15. The molecular weight excluding hydrogens is 721 g/mol. The van der Waals surface area contributed by atoms with Crippen LogP contribution in [0.3, 0.4) is 0 Å². The number of carbonyl (C=O) groups is 2. The Morgan fingerprint density at radius 1 is 0.870 bits per heavy atom. The number of azide groups is 1. The van der Waals surface area contributed by atoms with Gasteiger partial charge in [-0.05, 0) is 30.5 Å². The normalized spacial score (nSPS) is 12.6. The maximum Gasteiger partial charge on any atom is 0.257 e. The van der Waals surface area contributed by atoms with Crippen molar-refractivity contribution in [2.75, 3.05) is 104 Å². The largest absolute Gasteiger partial charge is 0.383 e. The summed E-state index contributed by atoms with van der Waals surface area (Å²) in [5, 5.41) is 12.3. The number of carbonyl (C=O) groups excluding carboxylic acids is 2. The number of rotatable bonds is 29. The summed E-state index contributed by atoms with van der Waals surface area (Å²) < 4.78 is 34.4. The van der Waals surface area contributed by atoms with E-state index in [4.69, 9.17) is 44.8 Å². The van der Waals surface area contributed by atoms with Crippen molar-refractivity contribution in [2.45, 2.75) is 38.6 Å². The highest BCUT2D eigenvalue weighted by Gasteiger charge is 2.19. The van der Waals surface area contributed by atoms with Gasteiger partial charge >= 0.3 is 0 Å². The zero-order valence-electron chi connectivity index (χ0n) is 30.6. The van der Waals surface area contributed by atoms with Crippen molar-refractivity contribution in [3.8, 4) is 11.3 Å². The second-order valence-corrected chi connectivity index (χ2v) is 12.9. The number of nitrogen functional groups attached to an aromatic ring is 1. The molecule has 3 aromatic rings. The van der Waals surface area contributed by atoms with E-state index in [1.807, 2.05) is 16.8 Å². The van der Waals surface area contributed by atoms with Crippen LogP contribution in [0.15, 0.2) is 40.7 Å². The minimum atomic E-state index is -0.232. The number of aliphatic imine (C=N–C) groups is 1. The van der Waals surface area contributed by atoms with Gasteiger partial charge in [0.1, 0.15) is 23.6 Å². The summed E-state index contributed by atoms with van der Waals surface area (Å²) in [7, 11) is 0. The summed E-state index contributed by atoms with van der Waals surface area (Å²) in [5.74, 6) is 1.11. The van der Waals surface area contributed by atoms with Crippen LogP contribution in [0.1, 0.15) is 42.5 Å². The standard InChI is InChI=1S/C35H50N10O8S/c36-32-30-31(27-5-4-6-28(25-27)34(47)42-35-38-10-24-54-35)43-45(33(30)40-26-39-32)11-3-1-2-7-29(46)8-12-48-14-16-50-18-20-52-22-23-53-21-19-51-17-15-49-13-9-41-44-37/h4-6,25-26H,1-3,7-24H2,(H2,36,39,40)(H,38,42,47). The number of amides is 1. The van der Waals surface area contributed by atoms with Crippen LogP contribution in [0.5, 0.6) is 0 Å². The van der Waals surface area contributed by atoms with Crippen LogP contribution in [0, 0.1) is 0 Å². The van der Waals surface area contributed by atoms with E-state index in [2.05, 4.69) is 30.3 Å². The van der Waals surface area contributed by atoms with E-state index in [0.29, 0.717) is 145 Å². The third-order valence-electron chi connectivity index (χ3n) is 7.87. The summed E-state index contributed by atoms with van der Waals surface area (Å²) in [4.78, 5) is 40.8. The van der Waals surface area contributed by atoms with Crippen molar-refractivity contribution >= 4 is 45.5 Å². The summed E-state index contributed by atoms with van der Waals surface area (Å²) in [5.41, 5.74) is 16.9. The first-order chi connectivity index (χ1) is 26.6. The van der Waals surface area contributed by atoms with Crippen LogP contribution in [-0.4, -0.2) is 135 Å². The van der Waals surface area contributed by atoms with Crippen LogP contribution in [0.25, 0.3) is 32.7 Å². The summed E-state index contributed by atoms with van der Waals surface area (Å²) in [6, 6.07) is 7.23. The Kier molecular flexibility index (Phi) is 20.3. The highest BCUT2D eigenvalue weighted by molar-refractivity contribution is 8.14. The Morgan fingerprint density at radius 2 is 1.54 bits per heavy atom. The maximum atomic E-state index is 12.8. The number of Topliss-reactive ketones (excluding diaryl/α,β-unsaturated/α-hetero) is 1. The maximum absolute atomic E-state index is 12.8. The molecule has 0 bridgehead atoms. The Morgan fingerprint density at radius 3 is 2.19 bits per heavy atom. The first-order valence-corrected chi connectivity index (χ1v) is 19.1. The minimum Gasteiger partial charge on any atom is -0.383 e. The number of fused-ring (bicyclic) bond motifs is 1. The Hall–Kier alpha value is -4.20. The minimum absolute atomic E-state index is 0.167. The molecule has 0 saturated heterocycles. The van der Waals surface area contributed by atoms with Crippen molar-refractivity contribution in [3.63, 3.8) is 0 Å². The van der Waals surface area contributed by atoms with Crippen molar-refractivity contribution in [1.29, 1.82) is 0 Å². The van der Waals surface area contributed by atoms with Gasteiger partial charge in [0.2, 0.25) is 0 Å². The Labute approximate surface area is 318 Å². The fraction of sp³-hybridized carbons (Fsp3) is 0.600. The fourth-order valence-corrected chi connectivity index (χ4v) is 5.92. The molecule has 18 nitrogen and oxygen atoms in total. The molecule has 0 aliphatic carbocycles. The van der Waals surface area contributed by atoms with Crippen LogP contribution in [-0.2, 0) is 39.8 Å². The molecule has 19 heteroatoms. The van der Waals surface area contributed by atoms with Gasteiger partial charge in [0.15, 0.2) is 10.8 Å². The fourth-order valence-electron chi connectivity index (χ4n) is 5.20. The number of unbranched alkanes of at least 4 members (excludes halogenated alkanes) is 2. The van der Waals surface area contributed by atoms with Gasteiger partial charge in [-0.1, -0.05) is 35.4 Å². The van der Waals surface area contributed by atoms with E-state index in [9.17, 15) is 9.59 Å². The third kappa shape index (κ3) is 15.6. The van der Waals surface area contributed by atoms with Gasteiger partial charge in [-0.15, -0.1) is 0 Å². The lowest BCUT2D eigenvalue weighted by Crippen LogP contribution is -2.27. The van der Waals surface area contributed by atoms with Gasteiger partial charge in [0.25, 0.3) is 5.91 Å². The van der Waals surface area contributed by atoms with Gasteiger partial charge in [-0.2, -0.15) is 5.10 Å². The molecule has 1 amide bonds. The van der Waals surface area contributed by atoms with Crippen LogP contribution in [0.4, 0.5) is 5.82 Å². The average Bonchev–Trinajstić information content (AvgIpc) is 3.84. The quantitative estimate of drug-likeness (QED) is 0.0443. The monoisotopic (exact) mass is 770 g/mol. The first-order valence-electron chi connectivity index (χ1n) is 18.1. The number of amidine groups is 1. The molecule has 1 aliphatic heterocycles. The van der Waals surface area contributed by atoms with E-state index >= 15 is 0 Å². The molecule has 4 rings (SSSR count). The van der Waals surface area contributed by atoms with Gasteiger partial charge in [-0.25, -0.2) is 14.6 Å². The number of nitrogens with zero attached hydrogens (tertiary/aromatic N) is 8. The number of nitrogens with one attached hydrogen (secondary N) is 1. The number of nitrogens with two attached hydrogens (primary N) is 1. The molecule has 0 saturated carbocycles.